The average Bonchev–Trinajstić information content (AvgIpc) is 2.59. The van der Waals surface area contributed by atoms with E-state index in [0.717, 1.165) is 25.4 Å². The van der Waals surface area contributed by atoms with Gasteiger partial charge < -0.3 is 15.4 Å². The number of unbranched alkanes of at least 4 members (excludes halogenated alkanes) is 9. The van der Waals surface area contributed by atoms with Gasteiger partial charge in [0, 0.05) is 31.6 Å². The summed E-state index contributed by atoms with van der Waals surface area (Å²) in [6, 6.07) is 7.99. The summed E-state index contributed by atoms with van der Waals surface area (Å²) in [5, 5.41) is 0. The van der Waals surface area contributed by atoms with Crippen LogP contribution in [0.15, 0.2) is 24.3 Å². The van der Waals surface area contributed by atoms with E-state index in [-0.39, 0.29) is 0 Å². The molecule has 0 saturated heterocycles. The second-order valence-electron chi connectivity index (χ2n) is 6.81. The highest BCUT2D eigenvalue weighted by Crippen LogP contribution is 2.14. The van der Waals surface area contributed by atoms with Gasteiger partial charge in [0.15, 0.2) is 0 Å². The molecule has 1 aromatic carbocycles. The van der Waals surface area contributed by atoms with Gasteiger partial charge in [-0.05, 0) is 30.7 Å². The monoisotopic (exact) mass is 334 g/mol. The molecule has 0 saturated carbocycles. The first-order chi connectivity index (χ1) is 11.7. The lowest BCUT2D eigenvalue weighted by Gasteiger charge is -2.19. The molecule has 0 aliphatic heterocycles. The van der Waals surface area contributed by atoms with E-state index >= 15 is 0 Å². The van der Waals surface area contributed by atoms with Crippen LogP contribution in [0.3, 0.4) is 0 Å². The topological polar surface area (TPSA) is 38.5 Å². The van der Waals surface area contributed by atoms with Crippen LogP contribution >= 0.6 is 0 Å². The minimum absolute atomic E-state index is 0.790. The molecule has 0 unspecified atom stereocenters. The highest BCUT2D eigenvalue weighted by atomic mass is 16.5. The second-order valence-corrected chi connectivity index (χ2v) is 6.81. The fourth-order valence-corrected chi connectivity index (χ4v) is 2.85. The molecule has 24 heavy (non-hydrogen) atoms. The number of hydrogen-bond donors (Lipinski definition) is 1. The van der Waals surface area contributed by atoms with Crippen LogP contribution in [0.5, 0.6) is 0 Å². The molecule has 0 aromatic heterocycles. The van der Waals surface area contributed by atoms with Crippen molar-refractivity contribution in [2.45, 2.75) is 71.1 Å². The number of nitrogens with two attached hydrogens (primary N) is 1. The Kier molecular flexibility index (Phi) is 12.3. The SMILES string of the molecule is CCCCCCCCCCCCOCCN(C)c1ccc(N)cc1. The summed E-state index contributed by atoms with van der Waals surface area (Å²) in [6.45, 7) is 4.88. The summed E-state index contributed by atoms with van der Waals surface area (Å²) in [4.78, 5) is 2.21. The normalized spacial score (nSPS) is 10.9. The molecule has 0 spiro atoms. The molecular weight excluding hydrogens is 296 g/mol. The van der Waals surface area contributed by atoms with Crippen LogP contribution in [0.2, 0.25) is 0 Å². The number of benzene rings is 1. The second kappa shape index (κ2) is 14.2. The summed E-state index contributed by atoms with van der Waals surface area (Å²) >= 11 is 0. The molecule has 0 aliphatic rings. The van der Waals surface area contributed by atoms with Crippen LogP contribution in [0.4, 0.5) is 11.4 Å². The molecular formula is C21H38N2O. The van der Waals surface area contributed by atoms with Crippen molar-refractivity contribution >= 4 is 11.4 Å². The van der Waals surface area contributed by atoms with Crippen molar-refractivity contribution < 1.29 is 4.74 Å². The van der Waals surface area contributed by atoms with Crippen LogP contribution in [-0.2, 0) is 4.74 Å². The van der Waals surface area contributed by atoms with Crippen molar-refractivity contribution in [1.29, 1.82) is 0 Å². The van der Waals surface area contributed by atoms with E-state index in [1.807, 2.05) is 12.1 Å². The Labute approximate surface area is 149 Å². The average molecular weight is 335 g/mol. The highest BCUT2D eigenvalue weighted by molar-refractivity contribution is 5.52. The lowest BCUT2D eigenvalue weighted by atomic mass is 10.1. The molecule has 0 heterocycles. The summed E-state index contributed by atoms with van der Waals surface area (Å²) in [5.41, 5.74) is 7.71. The van der Waals surface area contributed by atoms with E-state index in [4.69, 9.17) is 10.5 Å². The number of hydrogen-bond acceptors (Lipinski definition) is 3. The molecule has 2 N–H and O–H groups in total. The largest absolute Gasteiger partial charge is 0.399 e. The summed E-state index contributed by atoms with van der Waals surface area (Å²) in [6.07, 6.45) is 13.7. The van der Waals surface area contributed by atoms with Crippen LogP contribution in [0, 0.1) is 0 Å². The van der Waals surface area contributed by atoms with Crippen LogP contribution < -0.4 is 10.6 Å². The van der Waals surface area contributed by atoms with Crippen molar-refractivity contribution in [2.24, 2.45) is 0 Å². The van der Waals surface area contributed by atoms with Crippen molar-refractivity contribution in [3.63, 3.8) is 0 Å². The Bertz CT molecular complexity index is 391. The van der Waals surface area contributed by atoms with Gasteiger partial charge >= 0.3 is 0 Å². The third-order valence-electron chi connectivity index (χ3n) is 4.55. The first-order valence-electron chi connectivity index (χ1n) is 9.88. The predicted octanol–water partition coefficient (Wildman–Crippen LogP) is 5.64. The van der Waals surface area contributed by atoms with E-state index in [1.54, 1.807) is 0 Å². The van der Waals surface area contributed by atoms with Crippen LogP contribution in [0.25, 0.3) is 0 Å². The van der Waals surface area contributed by atoms with Crippen molar-refractivity contribution in [3.8, 4) is 0 Å². The molecule has 1 rings (SSSR count). The van der Waals surface area contributed by atoms with Crippen LogP contribution in [-0.4, -0.2) is 26.8 Å². The lowest BCUT2D eigenvalue weighted by Crippen LogP contribution is -2.22. The maximum atomic E-state index is 5.76. The molecule has 0 radical (unpaired) electrons. The number of likely N-dealkylation sites (N-methyl/N-ethyl adjacent to an activating group) is 1. The number of anilines is 2. The zero-order valence-electron chi connectivity index (χ0n) is 15.9. The molecule has 0 aliphatic carbocycles. The van der Waals surface area contributed by atoms with E-state index < -0.39 is 0 Å². The van der Waals surface area contributed by atoms with E-state index in [1.165, 1.54) is 69.9 Å². The van der Waals surface area contributed by atoms with Gasteiger partial charge in [0.2, 0.25) is 0 Å². The van der Waals surface area contributed by atoms with Gasteiger partial charge in [-0.2, -0.15) is 0 Å². The van der Waals surface area contributed by atoms with Gasteiger partial charge in [-0.25, -0.2) is 0 Å². The third kappa shape index (κ3) is 10.5. The van der Waals surface area contributed by atoms with Gasteiger partial charge in [0.25, 0.3) is 0 Å². The van der Waals surface area contributed by atoms with Crippen molar-refractivity contribution in [2.75, 3.05) is 37.4 Å². The van der Waals surface area contributed by atoms with Crippen LogP contribution in [0.1, 0.15) is 71.1 Å². The molecule has 3 nitrogen and oxygen atoms in total. The zero-order valence-corrected chi connectivity index (χ0v) is 15.9. The Balaban J connectivity index is 1.86. The first kappa shape index (κ1) is 20.8. The molecule has 0 bridgehead atoms. The minimum atomic E-state index is 0.790. The zero-order chi connectivity index (χ0) is 17.5. The maximum absolute atomic E-state index is 5.76. The fourth-order valence-electron chi connectivity index (χ4n) is 2.85. The minimum Gasteiger partial charge on any atom is -0.399 e. The van der Waals surface area contributed by atoms with Gasteiger partial charge in [-0.3, -0.25) is 0 Å². The van der Waals surface area contributed by atoms with Crippen molar-refractivity contribution in [3.05, 3.63) is 24.3 Å². The fraction of sp³-hybridized carbons (Fsp3) is 0.714. The Hall–Kier alpha value is -1.22. The molecule has 0 fully saturated rings. The Morgan fingerprint density at radius 3 is 1.92 bits per heavy atom. The molecule has 0 amide bonds. The third-order valence-corrected chi connectivity index (χ3v) is 4.55. The molecule has 1 aromatic rings. The van der Waals surface area contributed by atoms with E-state index in [0.29, 0.717) is 0 Å². The first-order valence-corrected chi connectivity index (χ1v) is 9.88. The van der Waals surface area contributed by atoms with Gasteiger partial charge in [-0.1, -0.05) is 64.7 Å². The molecule has 0 atom stereocenters. The summed E-state index contributed by atoms with van der Waals surface area (Å²) in [7, 11) is 2.09. The summed E-state index contributed by atoms with van der Waals surface area (Å²) < 4.78 is 5.76. The molecule has 138 valence electrons. The number of rotatable bonds is 15. The highest BCUT2D eigenvalue weighted by Gasteiger charge is 2.00. The van der Waals surface area contributed by atoms with Gasteiger partial charge in [0.05, 0.1) is 6.61 Å². The lowest BCUT2D eigenvalue weighted by molar-refractivity contribution is 0.136. The van der Waals surface area contributed by atoms with Gasteiger partial charge in [0.1, 0.15) is 0 Å². The standard InChI is InChI=1S/C21H38N2O/c1-3-4-5-6-7-8-9-10-11-12-18-24-19-17-23(2)21-15-13-20(22)14-16-21/h13-16H,3-12,17-19,22H2,1-2H3. The number of ether oxygens (including phenoxy) is 1. The van der Waals surface area contributed by atoms with Crippen molar-refractivity contribution in [1.82, 2.24) is 0 Å². The maximum Gasteiger partial charge on any atom is 0.0641 e. The predicted molar refractivity (Wildman–Crippen MR) is 107 cm³/mol. The van der Waals surface area contributed by atoms with Gasteiger partial charge in [-0.15, -0.1) is 0 Å². The van der Waals surface area contributed by atoms with E-state index in [9.17, 15) is 0 Å². The summed E-state index contributed by atoms with van der Waals surface area (Å²) in [5.74, 6) is 0. The number of nitrogen functional groups attached to an aromatic ring is 1. The number of nitrogens with zero attached hydrogens (tertiary/aromatic N) is 1. The Morgan fingerprint density at radius 1 is 0.792 bits per heavy atom. The smallest absolute Gasteiger partial charge is 0.0641 e. The quantitative estimate of drug-likeness (QED) is 0.333. The Morgan fingerprint density at radius 2 is 1.33 bits per heavy atom. The van der Waals surface area contributed by atoms with E-state index in [2.05, 4.69) is 31.0 Å². The molecule has 3 heteroatoms.